The maximum absolute atomic E-state index is 3.37. The van der Waals surface area contributed by atoms with Gasteiger partial charge in [0, 0.05) is 25.2 Å². The van der Waals surface area contributed by atoms with Crippen LogP contribution in [0.3, 0.4) is 0 Å². The van der Waals surface area contributed by atoms with Crippen LogP contribution in [0.15, 0.2) is 0 Å². The Bertz CT molecular complexity index is 153. The van der Waals surface area contributed by atoms with Crippen molar-refractivity contribution in [3.63, 3.8) is 0 Å². The molecule has 1 N–H and O–H groups in total. The van der Waals surface area contributed by atoms with E-state index < -0.39 is 0 Å². The quantitative estimate of drug-likeness (QED) is 0.736. The van der Waals surface area contributed by atoms with Crippen molar-refractivity contribution < 1.29 is 0 Å². The van der Waals surface area contributed by atoms with Gasteiger partial charge in [0.15, 0.2) is 0 Å². The average Bonchev–Trinajstić information content (AvgIpc) is 2.12. The van der Waals surface area contributed by atoms with Crippen LogP contribution in [0.25, 0.3) is 0 Å². The topological polar surface area (TPSA) is 15.3 Å². The molecule has 2 aliphatic heterocycles. The number of hydrogen-bond acceptors (Lipinski definition) is 3. The van der Waals surface area contributed by atoms with Crippen LogP contribution < -0.4 is 5.32 Å². The molecule has 0 spiro atoms. The SMILES string of the molecule is CCN(C1CCSCC1)C1CNC1. The van der Waals surface area contributed by atoms with E-state index in [2.05, 4.69) is 28.9 Å². The predicted octanol–water partition coefficient (Wildman–Crippen LogP) is 1.18. The molecule has 0 aromatic rings. The summed E-state index contributed by atoms with van der Waals surface area (Å²) in [7, 11) is 0. The van der Waals surface area contributed by atoms with Gasteiger partial charge in [0.25, 0.3) is 0 Å². The Labute approximate surface area is 85.4 Å². The summed E-state index contributed by atoms with van der Waals surface area (Å²) in [6.45, 7) is 5.98. The Hall–Kier alpha value is 0.270. The first kappa shape index (κ1) is 9.81. The summed E-state index contributed by atoms with van der Waals surface area (Å²) in [5.41, 5.74) is 0. The third-order valence-electron chi connectivity index (χ3n) is 3.25. The second-order valence-electron chi connectivity index (χ2n) is 3.99. The van der Waals surface area contributed by atoms with E-state index in [1.807, 2.05) is 0 Å². The van der Waals surface area contributed by atoms with Crippen LogP contribution in [0.1, 0.15) is 19.8 Å². The molecular weight excluding hydrogens is 180 g/mol. The van der Waals surface area contributed by atoms with Crippen molar-refractivity contribution >= 4 is 11.8 Å². The van der Waals surface area contributed by atoms with Crippen molar-refractivity contribution in [2.75, 3.05) is 31.1 Å². The highest BCUT2D eigenvalue weighted by Crippen LogP contribution is 2.23. The molecule has 0 bridgehead atoms. The lowest BCUT2D eigenvalue weighted by Crippen LogP contribution is -2.60. The zero-order valence-electron chi connectivity index (χ0n) is 8.46. The van der Waals surface area contributed by atoms with Gasteiger partial charge in [0.05, 0.1) is 0 Å². The monoisotopic (exact) mass is 200 g/mol. The molecule has 3 heteroatoms. The summed E-state index contributed by atoms with van der Waals surface area (Å²) in [6, 6.07) is 1.73. The number of nitrogens with zero attached hydrogens (tertiary/aromatic N) is 1. The highest BCUT2D eigenvalue weighted by Gasteiger charge is 2.29. The van der Waals surface area contributed by atoms with Gasteiger partial charge in [-0.2, -0.15) is 11.8 Å². The third kappa shape index (κ3) is 2.20. The minimum atomic E-state index is 0.845. The van der Waals surface area contributed by atoms with E-state index >= 15 is 0 Å². The predicted molar refractivity (Wildman–Crippen MR) is 59.4 cm³/mol. The van der Waals surface area contributed by atoms with Crippen LogP contribution in [0, 0.1) is 0 Å². The molecule has 0 amide bonds. The van der Waals surface area contributed by atoms with E-state index in [9.17, 15) is 0 Å². The Morgan fingerprint density at radius 2 is 1.92 bits per heavy atom. The molecule has 2 heterocycles. The summed E-state index contributed by atoms with van der Waals surface area (Å²) < 4.78 is 0. The molecule has 0 saturated carbocycles. The highest BCUT2D eigenvalue weighted by molar-refractivity contribution is 7.99. The number of thioether (sulfide) groups is 1. The van der Waals surface area contributed by atoms with Crippen molar-refractivity contribution in [1.82, 2.24) is 10.2 Å². The fraction of sp³-hybridized carbons (Fsp3) is 1.00. The van der Waals surface area contributed by atoms with Crippen LogP contribution in [-0.4, -0.2) is 48.1 Å². The first-order valence-electron chi connectivity index (χ1n) is 5.46. The van der Waals surface area contributed by atoms with Gasteiger partial charge in [-0.1, -0.05) is 6.92 Å². The van der Waals surface area contributed by atoms with Gasteiger partial charge >= 0.3 is 0 Å². The van der Waals surface area contributed by atoms with E-state index in [0.717, 1.165) is 12.1 Å². The van der Waals surface area contributed by atoms with Gasteiger partial charge in [-0.15, -0.1) is 0 Å². The first-order chi connectivity index (χ1) is 6.42. The second kappa shape index (κ2) is 4.67. The van der Waals surface area contributed by atoms with E-state index in [1.54, 1.807) is 0 Å². The molecule has 76 valence electrons. The lowest BCUT2D eigenvalue weighted by Gasteiger charge is -2.43. The molecule has 0 aromatic heterocycles. The number of hydrogen-bond donors (Lipinski definition) is 1. The zero-order valence-corrected chi connectivity index (χ0v) is 9.28. The van der Waals surface area contributed by atoms with E-state index in [-0.39, 0.29) is 0 Å². The molecule has 2 fully saturated rings. The zero-order chi connectivity index (χ0) is 9.10. The molecule has 0 unspecified atom stereocenters. The van der Waals surface area contributed by atoms with Crippen molar-refractivity contribution in [1.29, 1.82) is 0 Å². The van der Waals surface area contributed by atoms with Crippen molar-refractivity contribution in [2.45, 2.75) is 31.8 Å². The van der Waals surface area contributed by atoms with Crippen LogP contribution >= 0.6 is 11.8 Å². The summed E-state index contributed by atoms with van der Waals surface area (Å²) >= 11 is 2.12. The number of likely N-dealkylation sites (N-methyl/N-ethyl adjacent to an activating group) is 1. The van der Waals surface area contributed by atoms with Crippen LogP contribution in [-0.2, 0) is 0 Å². The lowest BCUT2D eigenvalue weighted by atomic mass is 10.0. The first-order valence-corrected chi connectivity index (χ1v) is 6.61. The normalized spacial score (nSPS) is 26.3. The minimum Gasteiger partial charge on any atom is -0.314 e. The van der Waals surface area contributed by atoms with Crippen molar-refractivity contribution in [3.8, 4) is 0 Å². The van der Waals surface area contributed by atoms with Gasteiger partial charge in [-0.25, -0.2) is 0 Å². The lowest BCUT2D eigenvalue weighted by molar-refractivity contribution is 0.0957. The molecule has 0 aliphatic carbocycles. The van der Waals surface area contributed by atoms with Crippen LogP contribution in [0.2, 0.25) is 0 Å². The standard InChI is InChI=1S/C10H20N2S/c1-2-12(10-7-11-8-10)9-3-5-13-6-4-9/h9-11H,2-8H2,1H3. The van der Waals surface area contributed by atoms with E-state index in [1.165, 1.54) is 44.0 Å². The van der Waals surface area contributed by atoms with Gasteiger partial charge in [-0.05, 0) is 30.9 Å². The van der Waals surface area contributed by atoms with Crippen LogP contribution in [0.4, 0.5) is 0 Å². The molecule has 2 nitrogen and oxygen atoms in total. The van der Waals surface area contributed by atoms with Gasteiger partial charge in [0.2, 0.25) is 0 Å². The third-order valence-corrected chi connectivity index (χ3v) is 4.30. The molecule has 2 rings (SSSR count). The molecule has 0 radical (unpaired) electrons. The number of nitrogens with one attached hydrogen (secondary N) is 1. The van der Waals surface area contributed by atoms with Gasteiger partial charge in [0.1, 0.15) is 0 Å². The molecular formula is C10H20N2S. The van der Waals surface area contributed by atoms with Crippen molar-refractivity contribution in [2.24, 2.45) is 0 Å². The Morgan fingerprint density at radius 3 is 2.38 bits per heavy atom. The smallest absolute Gasteiger partial charge is 0.0348 e. The van der Waals surface area contributed by atoms with Gasteiger partial charge in [-0.3, -0.25) is 4.90 Å². The van der Waals surface area contributed by atoms with Gasteiger partial charge < -0.3 is 5.32 Å². The summed E-state index contributed by atoms with van der Waals surface area (Å²) in [5.74, 6) is 2.75. The van der Waals surface area contributed by atoms with E-state index in [0.29, 0.717) is 0 Å². The summed E-state index contributed by atoms with van der Waals surface area (Å²) in [5, 5.41) is 3.37. The molecule has 2 saturated heterocycles. The average molecular weight is 200 g/mol. The molecule has 13 heavy (non-hydrogen) atoms. The maximum Gasteiger partial charge on any atom is 0.0348 e. The number of rotatable bonds is 3. The van der Waals surface area contributed by atoms with Crippen LogP contribution in [0.5, 0.6) is 0 Å². The van der Waals surface area contributed by atoms with Crippen molar-refractivity contribution in [3.05, 3.63) is 0 Å². The fourth-order valence-corrected chi connectivity index (χ4v) is 3.42. The molecule has 0 aromatic carbocycles. The second-order valence-corrected chi connectivity index (χ2v) is 5.21. The summed E-state index contributed by atoms with van der Waals surface area (Å²) in [6.07, 6.45) is 2.82. The Balaban J connectivity index is 1.86. The molecule has 2 aliphatic rings. The Morgan fingerprint density at radius 1 is 1.23 bits per heavy atom. The minimum absolute atomic E-state index is 0.845. The Kier molecular flexibility index (Phi) is 3.52. The molecule has 0 atom stereocenters. The highest BCUT2D eigenvalue weighted by atomic mass is 32.2. The van der Waals surface area contributed by atoms with E-state index in [4.69, 9.17) is 0 Å². The maximum atomic E-state index is 3.37. The summed E-state index contributed by atoms with van der Waals surface area (Å²) in [4.78, 5) is 2.72. The fourth-order valence-electron chi connectivity index (χ4n) is 2.34. The largest absolute Gasteiger partial charge is 0.314 e.